The SMILES string of the molecule is CCCN1Cc2ccc(NC(=O)c3cccc(S(=O)(=O)NCc4cccs4)c3)cc2C1. The smallest absolute Gasteiger partial charge is 0.255 e. The first-order valence-corrected chi connectivity index (χ1v) is 12.6. The molecule has 2 N–H and O–H groups in total. The van der Waals surface area contributed by atoms with Crippen LogP contribution in [0.15, 0.2) is 64.9 Å². The van der Waals surface area contributed by atoms with Gasteiger partial charge in [0, 0.05) is 35.8 Å². The molecule has 31 heavy (non-hydrogen) atoms. The van der Waals surface area contributed by atoms with Gasteiger partial charge in [0.15, 0.2) is 0 Å². The highest BCUT2D eigenvalue weighted by atomic mass is 32.2. The lowest BCUT2D eigenvalue weighted by molar-refractivity contribution is 0.102. The van der Waals surface area contributed by atoms with Crippen LogP contribution in [-0.4, -0.2) is 25.8 Å². The van der Waals surface area contributed by atoms with E-state index in [4.69, 9.17) is 0 Å². The molecule has 1 aromatic heterocycles. The minimum atomic E-state index is -3.71. The summed E-state index contributed by atoms with van der Waals surface area (Å²) < 4.78 is 27.8. The Bertz CT molecular complexity index is 1170. The van der Waals surface area contributed by atoms with Gasteiger partial charge in [0.2, 0.25) is 10.0 Å². The summed E-state index contributed by atoms with van der Waals surface area (Å²) in [5.41, 5.74) is 3.52. The first kappa shape index (κ1) is 21.7. The zero-order valence-corrected chi connectivity index (χ0v) is 18.9. The third-order valence-electron chi connectivity index (χ3n) is 5.21. The van der Waals surface area contributed by atoms with Crippen molar-refractivity contribution in [2.45, 2.75) is 37.9 Å². The summed E-state index contributed by atoms with van der Waals surface area (Å²) >= 11 is 1.49. The Morgan fingerprint density at radius 1 is 1.06 bits per heavy atom. The van der Waals surface area contributed by atoms with Crippen molar-refractivity contribution < 1.29 is 13.2 Å². The Morgan fingerprint density at radius 3 is 2.68 bits per heavy atom. The molecular formula is C23H25N3O3S2. The summed E-state index contributed by atoms with van der Waals surface area (Å²) in [4.78, 5) is 16.1. The number of sulfonamides is 1. The molecule has 3 aromatic rings. The van der Waals surface area contributed by atoms with Crippen molar-refractivity contribution in [2.75, 3.05) is 11.9 Å². The van der Waals surface area contributed by atoms with E-state index in [1.165, 1.54) is 34.6 Å². The molecule has 4 rings (SSSR count). The number of thiophene rings is 1. The minimum absolute atomic E-state index is 0.0702. The maximum atomic E-state index is 12.8. The first-order valence-electron chi connectivity index (χ1n) is 10.2. The second kappa shape index (κ2) is 9.32. The Balaban J connectivity index is 1.45. The topological polar surface area (TPSA) is 78.5 Å². The van der Waals surface area contributed by atoms with E-state index in [0.717, 1.165) is 30.9 Å². The van der Waals surface area contributed by atoms with Gasteiger partial charge in [-0.25, -0.2) is 13.1 Å². The van der Waals surface area contributed by atoms with Gasteiger partial charge in [-0.05, 0) is 65.9 Å². The fourth-order valence-corrected chi connectivity index (χ4v) is 5.48. The average Bonchev–Trinajstić information content (AvgIpc) is 3.42. The van der Waals surface area contributed by atoms with Gasteiger partial charge >= 0.3 is 0 Å². The van der Waals surface area contributed by atoms with E-state index in [-0.39, 0.29) is 17.3 Å². The van der Waals surface area contributed by atoms with Gasteiger partial charge in [-0.1, -0.05) is 25.1 Å². The summed E-state index contributed by atoms with van der Waals surface area (Å²) in [5.74, 6) is -0.335. The summed E-state index contributed by atoms with van der Waals surface area (Å²) in [6, 6.07) is 15.8. The number of benzene rings is 2. The van der Waals surface area contributed by atoms with E-state index >= 15 is 0 Å². The molecule has 2 heterocycles. The quantitative estimate of drug-likeness (QED) is 0.534. The molecule has 0 radical (unpaired) electrons. The maximum Gasteiger partial charge on any atom is 0.255 e. The fraction of sp³-hybridized carbons (Fsp3) is 0.261. The molecule has 1 aliphatic rings. The van der Waals surface area contributed by atoms with Crippen LogP contribution in [0.5, 0.6) is 0 Å². The summed E-state index contributed by atoms with van der Waals surface area (Å²) in [6.45, 7) is 5.27. The summed E-state index contributed by atoms with van der Waals surface area (Å²) in [7, 11) is -3.71. The van der Waals surface area contributed by atoms with Gasteiger partial charge in [-0.2, -0.15) is 0 Å². The van der Waals surface area contributed by atoms with Gasteiger partial charge in [0.25, 0.3) is 5.91 Å². The zero-order chi connectivity index (χ0) is 21.8. The predicted molar refractivity (Wildman–Crippen MR) is 124 cm³/mol. The number of nitrogens with zero attached hydrogens (tertiary/aromatic N) is 1. The molecule has 2 aromatic carbocycles. The molecule has 0 unspecified atom stereocenters. The second-order valence-electron chi connectivity index (χ2n) is 7.58. The highest BCUT2D eigenvalue weighted by Crippen LogP contribution is 2.26. The van der Waals surface area contributed by atoms with E-state index in [2.05, 4.69) is 27.9 Å². The molecule has 0 atom stereocenters. The number of fused-ring (bicyclic) bond motifs is 1. The second-order valence-corrected chi connectivity index (χ2v) is 10.4. The summed E-state index contributed by atoms with van der Waals surface area (Å²) in [5, 5.41) is 4.79. The molecule has 0 aliphatic carbocycles. The number of nitrogens with one attached hydrogen (secondary N) is 2. The van der Waals surface area contributed by atoms with E-state index in [1.807, 2.05) is 29.6 Å². The molecular weight excluding hydrogens is 430 g/mol. The van der Waals surface area contributed by atoms with Crippen LogP contribution < -0.4 is 10.0 Å². The molecule has 0 fully saturated rings. The fourth-order valence-electron chi connectivity index (χ4n) is 3.69. The van der Waals surface area contributed by atoms with Gasteiger partial charge < -0.3 is 5.32 Å². The molecule has 6 nitrogen and oxygen atoms in total. The molecule has 162 valence electrons. The maximum absolute atomic E-state index is 12.8. The third kappa shape index (κ3) is 5.22. The Kier molecular flexibility index (Phi) is 6.52. The number of rotatable bonds is 8. The number of anilines is 1. The average molecular weight is 456 g/mol. The zero-order valence-electron chi connectivity index (χ0n) is 17.3. The number of hydrogen-bond acceptors (Lipinski definition) is 5. The number of hydrogen-bond donors (Lipinski definition) is 2. The first-order chi connectivity index (χ1) is 14.9. The third-order valence-corrected chi connectivity index (χ3v) is 7.49. The van der Waals surface area contributed by atoms with Crippen molar-refractivity contribution in [2.24, 2.45) is 0 Å². The van der Waals surface area contributed by atoms with Crippen LogP contribution in [-0.2, 0) is 29.7 Å². The lowest BCUT2D eigenvalue weighted by Crippen LogP contribution is -2.23. The van der Waals surface area contributed by atoms with Crippen LogP contribution in [0.4, 0.5) is 5.69 Å². The van der Waals surface area contributed by atoms with E-state index in [1.54, 1.807) is 12.1 Å². The standard InChI is InChI=1S/C23H25N3O3S2/c1-2-10-26-15-18-8-9-20(12-19(18)16-26)25-23(27)17-5-3-7-22(13-17)31(28,29)24-14-21-6-4-11-30-21/h3-9,11-13,24H,2,10,14-16H2,1H3,(H,25,27). The highest BCUT2D eigenvalue weighted by Gasteiger charge is 2.20. The van der Waals surface area contributed by atoms with E-state index in [9.17, 15) is 13.2 Å². The number of amides is 1. The summed E-state index contributed by atoms with van der Waals surface area (Å²) in [6.07, 6.45) is 1.11. The van der Waals surface area contributed by atoms with E-state index in [0.29, 0.717) is 11.3 Å². The normalized spacial score (nSPS) is 13.8. The van der Waals surface area contributed by atoms with Crippen molar-refractivity contribution >= 4 is 33.0 Å². The Labute approximate surface area is 187 Å². The van der Waals surface area contributed by atoms with E-state index < -0.39 is 10.0 Å². The lowest BCUT2D eigenvalue weighted by atomic mass is 10.1. The number of carbonyl (C=O) groups excluding carboxylic acids is 1. The van der Waals surface area contributed by atoms with Crippen molar-refractivity contribution in [1.82, 2.24) is 9.62 Å². The molecule has 0 spiro atoms. The van der Waals surface area contributed by atoms with Crippen LogP contribution in [0.3, 0.4) is 0 Å². The van der Waals surface area contributed by atoms with Crippen LogP contribution >= 0.6 is 11.3 Å². The molecule has 1 amide bonds. The molecule has 0 saturated heterocycles. The lowest BCUT2D eigenvalue weighted by Gasteiger charge is -2.12. The van der Waals surface area contributed by atoms with Crippen LogP contribution in [0.1, 0.15) is 39.7 Å². The monoisotopic (exact) mass is 455 g/mol. The van der Waals surface area contributed by atoms with Crippen molar-refractivity contribution in [3.63, 3.8) is 0 Å². The van der Waals surface area contributed by atoms with Crippen molar-refractivity contribution in [3.05, 3.63) is 81.5 Å². The number of carbonyl (C=O) groups is 1. The Morgan fingerprint density at radius 2 is 1.90 bits per heavy atom. The van der Waals surface area contributed by atoms with Gasteiger partial charge in [-0.15, -0.1) is 11.3 Å². The Hall–Kier alpha value is -2.52. The highest BCUT2D eigenvalue weighted by molar-refractivity contribution is 7.89. The molecule has 0 saturated carbocycles. The predicted octanol–water partition coefficient (Wildman–Crippen LogP) is 4.20. The van der Waals surface area contributed by atoms with Crippen LogP contribution in [0.2, 0.25) is 0 Å². The largest absolute Gasteiger partial charge is 0.322 e. The van der Waals surface area contributed by atoms with Crippen molar-refractivity contribution in [3.8, 4) is 0 Å². The van der Waals surface area contributed by atoms with Crippen LogP contribution in [0.25, 0.3) is 0 Å². The molecule has 8 heteroatoms. The molecule has 1 aliphatic heterocycles. The molecule has 0 bridgehead atoms. The van der Waals surface area contributed by atoms with Gasteiger partial charge in [-0.3, -0.25) is 9.69 Å². The van der Waals surface area contributed by atoms with Gasteiger partial charge in [0.05, 0.1) is 4.90 Å². The van der Waals surface area contributed by atoms with Crippen molar-refractivity contribution in [1.29, 1.82) is 0 Å². The minimum Gasteiger partial charge on any atom is -0.322 e. The van der Waals surface area contributed by atoms with Crippen LogP contribution in [0, 0.1) is 0 Å². The van der Waals surface area contributed by atoms with Gasteiger partial charge in [0.1, 0.15) is 0 Å².